The van der Waals surface area contributed by atoms with E-state index in [-0.39, 0.29) is 11.2 Å². The summed E-state index contributed by atoms with van der Waals surface area (Å²) in [6.45, 7) is 8.31. The second-order valence-corrected chi connectivity index (χ2v) is 8.09. The zero-order chi connectivity index (χ0) is 16.4. The first-order chi connectivity index (χ1) is 10.8. The Morgan fingerprint density at radius 2 is 1.78 bits per heavy atom. The van der Waals surface area contributed by atoms with Gasteiger partial charge in [-0.3, -0.25) is 4.98 Å². The van der Waals surface area contributed by atoms with Crippen LogP contribution in [0.5, 0.6) is 0 Å². The SMILES string of the molecule is CC1(C)OB(c2c(C3CC3)ncc3ccc(Cl)cc23)OC1(C)C. The number of hydrogen-bond acceptors (Lipinski definition) is 3. The highest BCUT2D eigenvalue weighted by molar-refractivity contribution is 6.65. The van der Waals surface area contributed by atoms with Crippen LogP contribution in [0.4, 0.5) is 0 Å². The fourth-order valence-electron chi connectivity index (χ4n) is 3.11. The van der Waals surface area contributed by atoms with Gasteiger partial charge < -0.3 is 9.31 Å². The molecule has 0 N–H and O–H groups in total. The number of hydrogen-bond donors (Lipinski definition) is 0. The van der Waals surface area contributed by atoms with E-state index < -0.39 is 7.12 Å². The lowest BCUT2D eigenvalue weighted by molar-refractivity contribution is 0.00578. The number of aromatic nitrogens is 1. The zero-order valence-electron chi connectivity index (χ0n) is 14.0. The van der Waals surface area contributed by atoms with E-state index in [9.17, 15) is 0 Å². The van der Waals surface area contributed by atoms with Crippen LogP contribution in [0.15, 0.2) is 24.4 Å². The van der Waals surface area contributed by atoms with E-state index in [0.717, 1.165) is 27.0 Å². The molecule has 0 spiro atoms. The van der Waals surface area contributed by atoms with Crippen molar-refractivity contribution in [1.29, 1.82) is 0 Å². The third-order valence-electron chi connectivity index (χ3n) is 5.38. The Bertz CT molecular complexity index is 770. The van der Waals surface area contributed by atoms with E-state index in [0.29, 0.717) is 5.92 Å². The molecule has 3 nitrogen and oxygen atoms in total. The molecule has 4 rings (SSSR count). The zero-order valence-corrected chi connectivity index (χ0v) is 14.8. The molecule has 1 aromatic heterocycles. The summed E-state index contributed by atoms with van der Waals surface area (Å²) in [5, 5.41) is 2.89. The summed E-state index contributed by atoms with van der Waals surface area (Å²) in [6.07, 6.45) is 4.31. The van der Waals surface area contributed by atoms with Crippen LogP contribution in [0.1, 0.15) is 52.1 Å². The van der Waals surface area contributed by atoms with Crippen molar-refractivity contribution >= 4 is 35.0 Å². The van der Waals surface area contributed by atoms with Gasteiger partial charge in [0.25, 0.3) is 0 Å². The molecular weight excluding hydrogens is 308 g/mol. The largest absolute Gasteiger partial charge is 0.497 e. The maximum absolute atomic E-state index is 6.31. The van der Waals surface area contributed by atoms with Crippen molar-refractivity contribution in [3.05, 3.63) is 35.1 Å². The van der Waals surface area contributed by atoms with E-state index in [4.69, 9.17) is 25.9 Å². The van der Waals surface area contributed by atoms with Crippen LogP contribution in [-0.4, -0.2) is 23.3 Å². The molecule has 2 fully saturated rings. The molecule has 120 valence electrons. The summed E-state index contributed by atoms with van der Waals surface area (Å²) in [4.78, 5) is 4.74. The second-order valence-electron chi connectivity index (χ2n) is 7.65. The maximum Gasteiger partial charge on any atom is 0.497 e. The first kappa shape index (κ1) is 15.4. The van der Waals surface area contributed by atoms with Gasteiger partial charge in [0.05, 0.1) is 11.2 Å². The van der Waals surface area contributed by atoms with E-state index in [1.165, 1.54) is 12.8 Å². The summed E-state index contributed by atoms with van der Waals surface area (Å²) in [7, 11) is -0.398. The summed E-state index contributed by atoms with van der Waals surface area (Å²) < 4.78 is 12.6. The van der Waals surface area contributed by atoms with Crippen LogP contribution in [0.25, 0.3) is 10.8 Å². The van der Waals surface area contributed by atoms with Crippen molar-refractivity contribution in [1.82, 2.24) is 4.98 Å². The number of benzene rings is 1. The molecular formula is C18H21BClNO2. The predicted octanol–water partition coefficient (Wildman–Crippen LogP) is 4.06. The Kier molecular flexibility index (Phi) is 3.32. The first-order valence-electron chi connectivity index (χ1n) is 8.22. The Balaban J connectivity index is 1.91. The van der Waals surface area contributed by atoms with Gasteiger partial charge in [0.2, 0.25) is 0 Å². The lowest BCUT2D eigenvalue weighted by Gasteiger charge is -2.32. The fourth-order valence-corrected chi connectivity index (χ4v) is 3.28. The molecule has 5 heteroatoms. The quantitative estimate of drug-likeness (QED) is 0.778. The van der Waals surface area contributed by atoms with Crippen molar-refractivity contribution in [2.45, 2.75) is 57.7 Å². The second kappa shape index (κ2) is 4.95. The highest BCUT2D eigenvalue weighted by Gasteiger charge is 2.53. The average molecular weight is 330 g/mol. The van der Waals surface area contributed by atoms with Crippen LogP contribution in [-0.2, 0) is 9.31 Å². The monoisotopic (exact) mass is 329 g/mol. The molecule has 1 aliphatic carbocycles. The smallest absolute Gasteiger partial charge is 0.399 e. The minimum absolute atomic E-state index is 0.362. The summed E-state index contributed by atoms with van der Waals surface area (Å²) >= 11 is 6.25. The standard InChI is InChI=1S/C18H21BClNO2/c1-17(2)18(3,4)23-19(22-17)15-14-9-13(20)8-7-12(14)10-21-16(15)11-5-6-11/h7-11H,5-6H2,1-4H3. The Hall–Kier alpha value is -1.10. The molecule has 2 aromatic rings. The van der Waals surface area contributed by atoms with E-state index in [1.807, 2.05) is 24.4 Å². The molecule has 0 bridgehead atoms. The van der Waals surface area contributed by atoms with Gasteiger partial charge in [0, 0.05) is 28.3 Å². The number of halogens is 1. The Labute approximate surface area is 142 Å². The minimum atomic E-state index is -0.398. The normalized spacial score (nSPS) is 22.7. The number of nitrogens with zero attached hydrogens (tertiary/aromatic N) is 1. The van der Waals surface area contributed by atoms with Crippen LogP contribution < -0.4 is 5.46 Å². The van der Waals surface area contributed by atoms with Gasteiger partial charge in [-0.25, -0.2) is 0 Å². The molecule has 1 aliphatic heterocycles. The molecule has 1 saturated carbocycles. The van der Waals surface area contributed by atoms with Gasteiger partial charge in [-0.2, -0.15) is 0 Å². The summed E-state index contributed by atoms with van der Waals surface area (Å²) in [5.41, 5.74) is 1.45. The van der Waals surface area contributed by atoms with Crippen molar-refractivity contribution < 1.29 is 9.31 Å². The summed E-state index contributed by atoms with van der Waals surface area (Å²) in [6, 6.07) is 5.91. The van der Waals surface area contributed by atoms with Gasteiger partial charge in [-0.1, -0.05) is 17.7 Å². The molecule has 1 saturated heterocycles. The average Bonchev–Trinajstić information content (AvgIpc) is 3.25. The van der Waals surface area contributed by atoms with Crippen molar-refractivity contribution in [3.8, 4) is 0 Å². The van der Waals surface area contributed by atoms with Crippen LogP contribution in [0, 0.1) is 0 Å². The lowest BCUT2D eigenvalue weighted by atomic mass is 9.74. The van der Waals surface area contributed by atoms with E-state index in [2.05, 4.69) is 27.7 Å². The van der Waals surface area contributed by atoms with Gasteiger partial charge in [0.15, 0.2) is 0 Å². The Morgan fingerprint density at radius 3 is 2.39 bits per heavy atom. The number of rotatable bonds is 2. The third kappa shape index (κ3) is 2.48. The number of fused-ring (bicyclic) bond motifs is 1. The number of pyridine rings is 1. The molecule has 23 heavy (non-hydrogen) atoms. The minimum Gasteiger partial charge on any atom is -0.399 e. The van der Waals surface area contributed by atoms with Crippen molar-refractivity contribution in [3.63, 3.8) is 0 Å². The maximum atomic E-state index is 6.31. The third-order valence-corrected chi connectivity index (χ3v) is 5.61. The van der Waals surface area contributed by atoms with Crippen LogP contribution in [0.3, 0.4) is 0 Å². The van der Waals surface area contributed by atoms with Gasteiger partial charge in [-0.05, 0) is 63.4 Å². The fraction of sp³-hybridized carbons (Fsp3) is 0.500. The van der Waals surface area contributed by atoms with Crippen LogP contribution in [0.2, 0.25) is 5.02 Å². The van der Waals surface area contributed by atoms with Crippen molar-refractivity contribution in [2.24, 2.45) is 0 Å². The molecule has 0 unspecified atom stereocenters. The lowest BCUT2D eigenvalue weighted by Crippen LogP contribution is -2.41. The van der Waals surface area contributed by atoms with Gasteiger partial charge >= 0.3 is 7.12 Å². The molecule has 2 aliphatic rings. The first-order valence-corrected chi connectivity index (χ1v) is 8.60. The Morgan fingerprint density at radius 1 is 1.13 bits per heavy atom. The highest BCUT2D eigenvalue weighted by atomic mass is 35.5. The molecule has 1 aromatic carbocycles. The highest BCUT2D eigenvalue weighted by Crippen LogP contribution is 2.42. The van der Waals surface area contributed by atoms with E-state index in [1.54, 1.807) is 0 Å². The van der Waals surface area contributed by atoms with Crippen LogP contribution >= 0.6 is 11.6 Å². The molecule has 0 radical (unpaired) electrons. The molecule has 0 amide bonds. The topological polar surface area (TPSA) is 31.4 Å². The van der Waals surface area contributed by atoms with Gasteiger partial charge in [0.1, 0.15) is 0 Å². The predicted molar refractivity (Wildman–Crippen MR) is 94.4 cm³/mol. The van der Waals surface area contributed by atoms with Gasteiger partial charge in [-0.15, -0.1) is 0 Å². The molecule has 0 atom stereocenters. The summed E-state index contributed by atoms with van der Waals surface area (Å²) in [5.74, 6) is 0.521. The van der Waals surface area contributed by atoms with E-state index >= 15 is 0 Å². The molecule has 2 heterocycles. The van der Waals surface area contributed by atoms with Crippen molar-refractivity contribution in [2.75, 3.05) is 0 Å².